The summed E-state index contributed by atoms with van der Waals surface area (Å²) in [5.74, 6) is -0.00142. The fraction of sp³-hybridized carbons (Fsp3) is 0.417. The third kappa shape index (κ3) is 2.64. The Bertz CT molecular complexity index is 566. The minimum atomic E-state index is -2.91. The van der Waals surface area contributed by atoms with E-state index in [-0.39, 0.29) is 28.6 Å². The number of Topliss-reactive ketones (excluding diaryl/α,β-unsaturated/α-hetero) is 1. The summed E-state index contributed by atoms with van der Waals surface area (Å²) in [4.78, 5) is 13.1. The van der Waals surface area contributed by atoms with E-state index in [4.69, 9.17) is 0 Å². The third-order valence-electron chi connectivity index (χ3n) is 3.07. The number of ketones is 1. The van der Waals surface area contributed by atoms with Gasteiger partial charge < -0.3 is 10.0 Å². The first-order chi connectivity index (χ1) is 8.39. The molecule has 1 aliphatic heterocycles. The van der Waals surface area contributed by atoms with Crippen molar-refractivity contribution in [1.82, 2.24) is 0 Å². The number of nitrogens with zero attached hydrogens (tertiary/aromatic N) is 1. The highest BCUT2D eigenvalue weighted by Crippen LogP contribution is 2.26. The van der Waals surface area contributed by atoms with Crippen molar-refractivity contribution in [2.75, 3.05) is 29.5 Å². The Morgan fingerprint density at radius 1 is 1.28 bits per heavy atom. The normalized spacial score (nSPS) is 18.6. The summed E-state index contributed by atoms with van der Waals surface area (Å²) < 4.78 is 22.6. The zero-order chi connectivity index (χ0) is 13.3. The van der Waals surface area contributed by atoms with Crippen molar-refractivity contribution >= 4 is 21.3 Å². The summed E-state index contributed by atoms with van der Waals surface area (Å²) in [6, 6.07) is 4.80. The number of hydrogen-bond donors (Lipinski definition) is 1. The molecule has 0 spiro atoms. The van der Waals surface area contributed by atoms with E-state index >= 15 is 0 Å². The van der Waals surface area contributed by atoms with Crippen LogP contribution >= 0.6 is 0 Å². The Morgan fingerprint density at radius 2 is 1.89 bits per heavy atom. The minimum absolute atomic E-state index is 0.0616. The van der Waals surface area contributed by atoms with Crippen molar-refractivity contribution in [2.24, 2.45) is 0 Å². The van der Waals surface area contributed by atoms with E-state index in [1.165, 1.54) is 13.0 Å². The fourth-order valence-electron chi connectivity index (χ4n) is 1.99. The molecule has 1 saturated heterocycles. The topological polar surface area (TPSA) is 74.7 Å². The maximum atomic E-state index is 11.3. The van der Waals surface area contributed by atoms with Crippen LogP contribution in [0.25, 0.3) is 0 Å². The van der Waals surface area contributed by atoms with Gasteiger partial charge in [0, 0.05) is 24.8 Å². The summed E-state index contributed by atoms with van der Waals surface area (Å²) in [5.41, 5.74) is 1.02. The number of sulfone groups is 1. The molecule has 2 rings (SSSR count). The number of aromatic hydroxyl groups is 1. The summed E-state index contributed by atoms with van der Waals surface area (Å²) >= 11 is 0. The first kappa shape index (κ1) is 12.9. The van der Waals surface area contributed by atoms with Crippen LogP contribution in [0.5, 0.6) is 5.75 Å². The molecule has 0 saturated carbocycles. The number of phenols is 1. The Balaban J connectivity index is 2.21. The highest BCUT2D eigenvalue weighted by molar-refractivity contribution is 7.91. The zero-order valence-corrected chi connectivity index (χ0v) is 10.9. The molecular weight excluding hydrogens is 254 g/mol. The molecule has 0 radical (unpaired) electrons. The van der Waals surface area contributed by atoms with E-state index in [2.05, 4.69) is 0 Å². The van der Waals surface area contributed by atoms with Crippen LogP contribution in [0.2, 0.25) is 0 Å². The molecule has 6 heteroatoms. The lowest BCUT2D eigenvalue weighted by atomic mass is 10.1. The SMILES string of the molecule is CC(=O)c1ccc(N2CCS(=O)(=O)CC2)cc1O. The maximum Gasteiger partial charge on any atom is 0.163 e. The number of phenolic OH excluding ortho intramolecular Hbond substituents is 1. The maximum absolute atomic E-state index is 11.3. The molecular formula is C12H15NO4S. The van der Waals surface area contributed by atoms with Gasteiger partial charge in [-0.2, -0.15) is 0 Å². The molecule has 0 unspecified atom stereocenters. The molecule has 18 heavy (non-hydrogen) atoms. The molecule has 0 aliphatic carbocycles. The van der Waals surface area contributed by atoms with Crippen molar-refractivity contribution in [3.8, 4) is 5.75 Å². The number of anilines is 1. The molecule has 1 aromatic rings. The lowest BCUT2D eigenvalue weighted by Crippen LogP contribution is -2.40. The number of hydrogen-bond acceptors (Lipinski definition) is 5. The van der Waals surface area contributed by atoms with Crippen molar-refractivity contribution in [3.63, 3.8) is 0 Å². The average Bonchev–Trinajstić information content (AvgIpc) is 2.28. The van der Waals surface area contributed by atoms with Crippen LogP contribution in [0.15, 0.2) is 18.2 Å². The first-order valence-corrected chi connectivity index (χ1v) is 7.50. The van der Waals surface area contributed by atoms with E-state index in [0.717, 1.165) is 5.69 Å². The fourth-order valence-corrected chi connectivity index (χ4v) is 3.19. The molecule has 1 aliphatic rings. The third-order valence-corrected chi connectivity index (χ3v) is 4.68. The average molecular weight is 269 g/mol. The van der Waals surface area contributed by atoms with Crippen molar-refractivity contribution in [3.05, 3.63) is 23.8 Å². The molecule has 1 heterocycles. The van der Waals surface area contributed by atoms with Gasteiger partial charge >= 0.3 is 0 Å². The smallest absolute Gasteiger partial charge is 0.163 e. The van der Waals surface area contributed by atoms with Crippen LogP contribution in [0.3, 0.4) is 0 Å². The molecule has 98 valence electrons. The molecule has 1 fully saturated rings. The Morgan fingerprint density at radius 3 is 2.39 bits per heavy atom. The second kappa shape index (κ2) is 4.61. The molecule has 1 aromatic carbocycles. The van der Waals surface area contributed by atoms with Gasteiger partial charge in [0.1, 0.15) is 5.75 Å². The van der Waals surface area contributed by atoms with Gasteiger partial charge in [-0.15, -0.1) is 0 Å². The Kier molecular flexibility index (Phi) is 3.30. The number of carbonyl (C=O) groups excluding carboxylic acids is 1. The molecule has 0 amide bonds. The van der Waals surface area contributed by atoms with Crippen molar-refractivity contribution < 1.29 is 18.3 Å². The number of carbonyl (C=O) groups is 1. The van der Waals surface area contributed by atoms with E-state index in [0.29, 0.717) is 13.1 Å². The number of benzene rings is 1. The lowest BCUT2D eigenvalue weighted by Gasteiger charge is -2.28. The molecule has 0 aromatic heterocycles. The summed E-state index contributed by atoms with van der Waals surface area (Å²) in [6.07, 6.45) is 0. The van der Waals surface area contributed by atoms with Crippen LogP contribution in [0.4, 0.5) is 5.69 Å². The quantitative estimate of drug-likeness (QED) is 0.805. The van der Waals surface area contributed by atoms with Gasteiger partial charge in [-0.05, 0) is 19.1 Å². The predicted octanol–water partition coefficient (Wildman–Crippen LogP) is 0.830. The molecule has 5 nitrogen and oxygen atoms in total. The second-order valence-corrected chi connectivity index (χ2v) is 6.70. The van der Waals surface area contributed by atoms with Crippen molar-refractivity contribution in [1.29, 1.82) is 0 Å². The largest absolute Gasteiger partial charge is 0.507 e. The predicted molar refractivity (Wildman–Crippen MR) is 69.0 cm³/mol. The van der Waals surface area contributed by atoms with Gasteiger partial charge in [-0.25, -0.2) is 8.42 Å². The highest BCUT2D eigenvalue weighted by Gasteiger charge is 2.22. The van der Waals surface area contributed by atoms with Gasteiger partial charge in [0.05, 0.1) is 17.1 Å². The van der Waals surface area contributed by atoms with Crippen LogP contribution in [-0.2, 0) is 9.84 Å². The number of rotatable bonds is 2. The van der Waals surface area contributed by atoms with E-state index < -0.39 is 9.84 Å². The standard InChI is InChI=1S/C12H15NO4S/c1-9(14)11-3-2-10(8-12(11)15)13-4-6-18(16,17)7-5-13/h2-3,8,15H,4-7H2,1H3. The van der Waals surface area contributed by atoms with Gasteiger partial charge in [-0.1, -0.05) is 0 Å². The van der Waals surface area contributed by atoms with E-state index in [9.17, 15) is 18.3 Å². The van der Waals surface area contributed by atoms with Gasteiger partial charge in [0.2, 0.25) is 0 Å². The Labute approximate surface area is 106 Å². The summed E-state index contributed by atoms with van der Waals surface area (Å²) in [5, 5.41) is 9.73. The molecule has 1 N–H and O–H groups in total. The van der Waals surface area contributed by atoms with Gasteiger partial charge in [-0.3, -0.25) is 4.79 Å². The second-order valence-electron chi connectivity index (χ2n) is 4.40. The van der Waals surface area contributed by atoms with Crippen LogP contribution in [0, 0.1) is 0 Å². The summed E-state index contributed by atoms with van der Waals surface area (Å²) in [7, 11) is -2.91. The van der Waals surface area contributed by atoms with Gasteiger partial charge in [0.15, 0.2) is 15.6 Å². The van der Waals surface area contributed by atoms with Crippen LogP contribution in [-0.4, -0.2) is 43.9 Å². The van der Waals surface area contributed by atoms with E-state index in [1.54, 1.807) is 12.1 Å². The van der Waals surface area contributed by atoms with Crippen LogP contribution in [0.1, 0.15) is 17.3 Å². The molecule has 0 atom stereocenters. The molecule has 0 bridgehead atoms. The van der Waals surface area contributed by atoms with Crippen LogP contribution < -0.4 is 4.90 Å². The highest BCUT2D eigenvalue weighted by atomic mass is 32.2. The van der Waals surface area contributed by atoms with E-state index in [1.807, 2.05) is 4.90 Å². The minimum Gasteiger partial charge on any atom is -0.507 e. The lowest BCUT2D eigenvalue weighted by molar-refractivity contribution is 0.101. The monoisotopic (exact) mass is 269 g/mol. The summed E-state index contributed by atoms with van der Waals surface area (Å²) in [6.45, 7) is 2.23. The zero-order valence-electron chi connectivity index (χ0n) is 10.1. The van der Waals surface area contributed by atoms with Gasteiger partial charge in [0.25, 0.3) is 0 Å². The first-order valence-electron chi connectivity index (χ1n) is 5.68. The Hall–Kier alpha value is -1.56. The van der Waals surface area contributed by atoms with Crippen molar-refractivity contribution in [2.45, 2.75) is 6.92 Å².